The van der Waals surface area contributed by atoms with Gasteiger partial charge in [0.05, 0.1) is 0 Å². The molecule has 1 nitrogen and oxygen atoms in total. The molecule has 0 aliphatic rings. The third kappa shape index (κ3) is 1.39. The minimum absolute atomic E-state index is 1.18. The molecule has 2 heterocycles. The molecule has 0 bridgehead atoms. The van der Waals surface area contributed by atoms with Crippen LogP contribution in [0.4, 0.5) is 0 Å². The van der Waals surface area contributed by atoms with Gasteiger partial charge in [-0.1, -0.05) is 18.2 Å². The van der Waals surface area contributed by atoms with Crippen LogP contribution in [0.1, 0.15) is 0 Å². The molecular weight excluding hydrogens is 238 g/mol. The summed E-state index contributed by atoms with van der Waals surface area (Å²) in [6, 6.07) is 17.2. The monoisotopic (exact) mass is 248 g/mol. The summed E-state index contributed by atoms with van der Waals surface area (Å²) < 4.78 is 1.29. The van der Waals surface area contributed by atoms with E-state index in [4.69, 9.17) is 0 Å². The smallest absolute Gasteiger partial charge is 0.0455 e. The maximum Gasteiger partial charge on any atom is 0.0455 e. The van der Waals surface area contributed by atoms with E-state index in [9.17, 15) is 0 Å². The molecule has 0 amide bonds. The standard InChI is InChI=1S/C16H10NS/c1-2-13(14-7-9-18-16(14)3-1)11-4-5-15-12(10-11)6-8-17-15/h1-8,10,17H. The molecule has 18 heavy (non-hydrogen) atoms. The van der Waals surface area contributed by atoms with Crippen molar-refractivity contribution in [3.63, 3.8) is 0 Å². The first-order valence-electron chi connectivity index (χ1n) is 5.88. The van der Waals surface area contributed by atoms with Gasteiger partial charge in [-0.15, -0.1) is 11.3 Å². The molecule has 4 aromatic rings. The Morgan fingerprint density at radius 1 is 1.06 bits per heavy atom. The number of hydrogen-bond donors (Lipinski definition) is 1. The van der Waals surface area contributed by atoms with E-state index in [1.807, 2.05) is 6.20 Å². The Kier molecular flexibility index (Phi) is 2.05. The van der Waals surface area contributed by atoms with Gasteiger partial charge in [0, 0.05) is 27.2 Å². The van der Waals surface area contributed by atoms with Crippen LogP contribution in [-0.4, -0.2) is 4.98 Å². The maximum absolute atomic E-state index is 3.23. The molecule has 0 atom stereocenters. The average Bonchev–Trinajstić information content (AvgIpc) is 3.05. The molecule has 1 N–H and O–H groups in total. The zero-order valence-corrected chi connectivity index (χ0v) is 10.4. The van der Waals surface area contributed by atoms with Crippen LogP contribution in [-0.2, 0) is 0 Å². The van der Waals surface area contributed by atoms with Crippen molar-refractivity contribution in [2.24, 2.45) is 0 Å². The second-order valence-electron chi connectivity index (χ2n) is 4.36. The third-order valence-corrected chi connectivity index (χ3v) is 4.11. The lowest BCUT2D eigenvalue weighted by molar-refractivity contribution is 1.48. The lowest BCUT2D eigenvalue weighted by Crippen LogP contribution is -1.78. The van der Waals surface area contributed by atoms with E-state index in [0.717, 1.165) is 0 Å². The minimum Gasteiger partial charge on any atom is -0.361 e. The minimum atomic E-state index is 1.18. The maximum atomic E-state index is 3.23. The summed E-state index contributed by atoms with van der Waals surface area (Å²) in [7, 11) is 0. The van der Waals surface area contributed by atoms with Gasteiger partial charge in [-0.3, -0.25) is 0 Å². The highest BCUT2D eigenvalue weighted by Crippen LogP contribution is 2.32. The average molecular weight is 248 g/mol. The van der Waals surface area contributed by atoms with Gasteiger partial charge in [-0.05, 0) is 46.8 Å². The van der Waals surface area contributed by atoms with E-state index in [1.165, 1.54) is 32.1 Å². The van der Waals surface area contributed by atoms with Crippen molar-refractivity contribution < 1.29 is 0 Å². The summed E-state index contributed by atoms with van der Waals surface area (Å²) in [4.78, 5) is 3.23. The van der Waals surface area contributed by atoms with Gasteiger partial charge in [0.25, 0.3) is 0 Å². The molecule has 2 aromatic carbocycles. The summed E-state index contributed by atoms with van der Waals surface area (Å²) in [5.74, 6) is 0. The first-order chi connectivity index (χ1) is 8.92. The molecule has 0 spiro atoms. The number of aromatic nitrogens is 1. The molecule has 0 aliphatic heterocycles. The molecular formula is C16H10NS. The largest absolute Gasteiger partial charge is 0.361 e. The predicted molar refractivity (Wildman–Crippen MR) is 78.0 cm³/mol. The zero-order chi connectivity index (χ0) is 11.9. The molecule has 2 aromatic heterocycles. The number of aromatic amines is 1. The van der Waals surface area contributed by atoms with Gasteiger partial charge in [0.2, 0.25) is 0 Å². The van der Waals surface area contributed by atoms with E-state index >= 15 is 0 Å². The van der Waals surface area contributed by atoms with Crippen LogP contribution in [0.5, 0.6) is 0 Å². The lowest BCUT2D eigenvalue weighted by Gasteiger charge is -2.04. The van der Waals surface area contributed by atoms with Crippen molar-refractivity contribution in [2.75, 3.05) is 0 Å². The highest BCUT2D eigenvalue weighted by Gasteiger charge is 2.05. The number of nitrogens with one attached hydrogen (secondary N) is 1. The molecule has 0 aliphatic carbocycles. The predicted octanol–water partition coefficient (Wildman–Crippen LogP) is 4.85. The van der Waals surface area contributed by atoms with E-state index in [1.54, 1.807) is 11.3 Å². The van der Waals surface area contributed by atoms with E-state index in [2.05, 4.69) is 58.9 Å². The Labute approximate surface area is 109 Å². The number of thiophene rings is 1. The molecule has 85 valence electrons. The zero-order valence-electron chi connectivity index (χ0n) is 9.60. The first-order valence-corrected chi connectivity index (χ1v) is 6.69. The highest BCUT2D eigenvalue weighted by atomic mass is 32.1. The Balaban J connectivity index is 2.03. The number of rotatable bonds is 1. The van der Waals surface area contributed by atoms with Gasteiger partial charge >= 0.3 is 0 Å². The summed E-state index contributed by atoms with van der Waals surface area (Å²) in [5, 5.41) is 5.76. The SMILES string of the molecule is [c]1cc2c(-c3ccc4[nH]ccc4c3)cccc2s1. The van der Waals surface area contributed by atoms with Crippen LogP contribution in [0.25, 0.3) is 32.1 Å². The molecule has 1 radical (unpaired) electrons. The Morgan fingerprint density at radius 3 is 3.06 bits per heavy atom. The molecule has 2 heteroatoms. The highest BCUT2D eigenvalue weighted by molar-refractivity contribution is 7.16. The fourth-order valence-electron chi connectivity index (χ4n) is 2.41. The molecule has 4 rings (SSSR count). The van der Waals surface area contributed by atoms with Gasteiger partial charge < -0.3 is 4.98 Å². The number of fused-ring (bicyclic) bond motifs is 2. The second-order valence-corrected chi connectivity index (χ2v) is 5.24. The Morgan fingerprint density at radius 2 is 2.06 bits per heavy atom. The van der Waals surface area contributed by atoms with E-state index < -0.39 is 0 Å². The summed E-state index contributed by atoms with van der Waals surface area (Å²) in [5.41, 5.74) is 3.73. The van der Waals surface area contributed by atoms with Crippen molar-refractivity contribution in [1.82, 2.24) is 4.98 Å². The number of H-pyrrole nitrogens is 1. The second kappa shape index (κ2) is 3.72. The van der Waals surface area contributed by atoms with Crippen LogP contribution in [0.2, 0.25) is 0 Å². The fourth-order valence-corrected chi connectivity index (χ4v) is 3.14. The molecule has 0 unspecified atom stereocenters. The van der Waals surface area contributed by atoms with Crippen molar-refractivity contribution in [3.05, 3.63) is 60.1 Å². The van der Waals surface area contributed by atoms with Gasteiger partial charge in [-0.25, -0.2) is 0 Å². The molecule has 0 saturated carbocycles. The van der Waals surface area contributed by atoms with Crippen molar-refractivity contribution in [3.8, 4) is 11.1 Å². The van der Waals surface area contributed by atoms with Crippen LogP contribution >= 0.6 is 11.3 Å². The summed E-state index contributed by atoms with van der Waals surface area (Å²) in [6.07, 6.45) is 1.98. The fraction of sp³-hybridized carbons (Fsp3) is 0. The molecule has 0 saturated heterocycles. The van der Waals surface area contributed by atoms with Gasteiger partial charge in [-0.2, -0.15) is 0 Å². The third-order valence-electron chi connectivity index (χ3n) is 3.30. The topological polar surface area (TPSA) is 15.8 Å². The van der Waals surface area contributed by atoms with Crippen LogP contribution < -0.4 is 0 Å². The summed E-state index contributed by atoms with van der Waals surface area (Å²) >= 11 is 1.67. The van der Waals surface area contributed by atoms with Gasteiger partial charge in [0.15, 0.2) is 0 Å². The van der Waals surface area contributed by atoms with Crippen LogP contribution in [0.3, 0.4) is 0 Å². The van der Waals surface area contributed by atoms with E-state index in [0.29, 0.717) is 0 Å². The van der Waals surface area contributed by atoms with Crippen molar-refractivity contribution >= 4 is 32.3 Å². The van der Waals surface area contributed by atoms with Crippen molar-refractivity contribution in [2.45, 2.75) is 0 Å². The quantitative estimate of drug-likeness (QED) is 0.495. The van der Waals surface area contributed by atoms with E-state index in [-0.39, 0.29) is 0 Å². The normalized spacial score (nSPS) is 11.3. The Bertz CT molecular complexity index is 838. The Hall–Kier alpha value is -2.06. The summed E-state index contributed by atoms with van der Waals surface area (Å²) in [6.45, 7) is 0. The van der Waals surface area contributed by atoms with Crippen molar-refractivity contribution in [1.29, 1.82) is 0 Å². The number of hydrogen-bond acceptors (Lipinski definition) is 1. The molecule has 0 fully saturated rings. The van der Waals surface area contributed by atoms with Gasteiger partial charge in [0.1, 0.15) is 0 Å². The number of benzene rings is 2. The lowest BCUT2D eigenvalue weighted by atomic mass is 10.0. The first kappa shape index (κ1) is 9.92. The van der Waals surface area contributed by atoms with Crippen LogP contribution in [0, 0.1) is 5.38 Å². The van der Waals surface area contributed by atoms with Crippen LogP contribution in [0.15, 0.2) is 54.7 Å².